The fourth-order valence-electron chi connectivity index (χ4n) is 2.97. The van der Waals surface area contributed by atoms with Crippen LogP contribution >= 0.6 is 0 Å². The number of allylic oxidation sites excluding steroid dienone is 2. The molecule has 0 aliphatic carbocycles. The fourth-order valence-corrected chi connectivity index (χ4v) is 2.97. The topological polar surface area (TPSA) is 41.9 Å². The third-order valence-corrected chi connectivity index (χ3v) is 4.13. The first-order valence-electron chi connectivity index (χ1n) is 7.25. The van der Waals surface area contributed by atoms with Crippen LogP contribution in [0.1, 0.15) is 11.1 Å². The van der Waals surface area contributed by atoms with Crippen LogP contribution in [0.4, 0.5) is 0 Å². The van der Waals surface area contributed by atoms with E-state index in [9.17, 15) is 5.11 Å². The van der Waals surface area contributed by atoms with Gasteiger partial charge in [0, 0.05) is 19.6 Å². The van der Waals surface area contributed by atoms with Crippen LogP contribution in [0, 0.1) is 0 Å². The van der Waals surface area contributed by atoms with Gasteiger partial charge in [-0.2, -0.15) is 0 Å². The summed E-state index contributed by atoms with van der Waals surface area (Å²) in [5, 5.41) is 9.98. The summed E-state index contributed by atoms with van der Waals surface area (Å²) < 4.78 is 10.8. The zero-order valence-electron chi connectivity index (χ0n) is 12.5. The largest absolute Gasteiger partial charge is 0.493 e. The Morgan fingerprint density at radius 3 is 2.71 bits per heavy atom. The maximum atomic E-state index is 9.98. The van der Waals surface area contributed by atoms with Gasteiger partial charge in [-0.15, -0.1) is 0 Å². The molecule has 0 aromatic heterocycles. The lowest BCUT2D eigenvalue weighted by atomic mass is 9.93. The van der Waals surface area contributed by atoms with Crippen LogP contribution in [0.2, 0.25) is 0 Å². The molecule has 2 aliphatic rings. The molecule has 21 heavy (non-hydrogen) atoms. The van der Waals surface area contributed by atoms with Crippen molar-refractivity contribution in [2.45, 2.75) is 12.5 Å². The normalized spacial score (nSPS) is 24.2. The van der Waals surface area contributed by atoms with Crippen molar-refractivity contribution in [2.24, 2.45) is 0 Å². The van der Waals surface area contributed by atoms with E-state index in [1.807, 2.05) is 18.2 Å². The molecule has 3 rings (SSSR count). The van der Waals surface area contributed by atoms with Gasteiger partial charge < -0.3 is 14.6 Å². The highest BCUT2D eigenvalue weighted by Gasteiger charge is 2.19. The molecular weight excluding hydrogens is 266 g/mol. The molecule has 2 atom stereocenters. The van der Waals surface area contributed by atoms with Crippen LogP contribution in [-0.2, 0) is 6.42 Å². The predicted molar refractivity (Wildman–Crippen MR) is 82.8 cm³/mol. The summed E-state index contributed by atoms with van der Waals surface area (Å²) in [6.45, 7) is 2.48. The predicted octanol–water partition coefficient (Wildman–Crippen LogP) is 1.88. The van der Waals surface area contributed by atoms with Crippen LogP contribution < -0.4 is 9.47 Å². The van der Waals surface area contributed by atoms with Gasteiger partial charge in [0.05, 0.1) is 20.3 Å². The number of fused-ring (bicyclic) bond motifs is 4. The smallest absolute Gasteiger partial charge is 0.161 e. The molecule has 4 nitrogen and oxygen atoms in total. The molecule has 0 fully saturated rings. The minimum absolute atomic E-state index is 0.407. The Morgan fingerprint density at radius 1 is 1.19 bits per heavy atom. The van der Waals surface area contributed by atoms with Gasteiger partial charge in [0.25, 0.3) is 0 Å². The van der Waals surface area contributed by atoms with Crippen LogP contribution in [-0.4, -0.2) is 50.0 Å². The molecule has 112 valence electrons. The van der Waals surface area contributed by atoms with Crippen LogP contribution in [0.15, 0.2) is 30.4 Å². The van der Waals surface area contributed by atoms with E-state index in [1.165, 1.54) is 5.56 Å². The lowest BCUT2D eigenvalue weighted by Crippen LogP contribution is -2.35. The second-order valence-corrected chi connectivity index (χ2v) is 5.46. The standard InChI is InChI=1S/C17H21NO3/c1-20-16-9-13-6-8-18-7-5-12(3-4-14(19)11-18)15(13)10-17(16)21-2/h3-5,9-10,14,19H,6-8,11H2,1-2H3/t14-/m0/s1. The molecule has 0 saturated heterocycles. The highest BCUT2D eigenvalue weighted by molar-refractivity contribution is 5.78. The van der Waals surface area contributed by atoms with Gasteiger partial charge in [0.1, 0.15) is 0 Å². The highest BCUT2D eigenvalue weighted by Crippen LogP contribution is 2.35. The molecule has 1 aromatic rings. The first-order valence-corrected chi connectivity index (χ1v) is 7.25. The Labute approximate surface area is 125 Å². The van der Waals surface area contributed by atoms with Gasteiger partial charge >= 0.3 is 0 Å². The summed E-state index contributed by atoms with van der Waals surface area (Å²) >= 11 is 0. The van der Waals surface area contributed by atoms with Crippen molar-refractivity contribution in [1.29, 1.82) is 0 Å². The maximum Gasteiger partial charge on any atom is 0.161 e. The van der Waals surface area contributed by atoms with E-state index in [1.54, 1.807) is 14.2 Å². The molecule has 0 spiro atoms. The van der Waals surface area contributed by atoms with E-state index in [2.05, 4.69) is 17.0 Å². The quantitative estimate of drug-likeness (QED) is 0.902. The lowest BCUT2D eigenvalue weighted by Gasteiger charge is -2.28. The van der Waals surface area contributed by atoms with Crippen molar-refractivity contribution in [2.75, 3.05) is 33.9 Å². The Bertz CT molecular complexity index is 592. The van der Waals surface area contributed by atoms with Gasteiger partial charge in [0.2, 0.25) is 0 Å². The number of aliphatic hydroxyl groups excluding tert-OH is 1. The SMILES string of the molecule is COc1cc2c(cc1OC)C1=CCN(CC2)C[C@@H](O)C=C1. The monoisotopic (exact) mass is 287 g/mol. The van der Waals surface area contributed by atoms with Crippen molar-refractivity contribution in [1.82, 2.24) is 4.90 Å². The summed E-state index contributed by atoms with van der Waals surface area (Å²) in [6, 6.07) is 4.10. The summed E-state index contributed by atoms with van der Waals surface area (Å²) in [5.74, 6) is 1.51. The fraction of sp³-hybridized carbons (Fsp3) is 0.412. The average molecular weight is 287 g/mol. The third kappa shape index (κ3) is 2.82. The molecule has 2 aliphatic heterocycles. The van der Waals surface area contributed by atoms with E-state index >= 15 is 0 Å². The van der Waals surface area contributed by atoms with Gasteiger partial charge in [0.15, 0.2) is 11.5 Å². The Hall–Kier alpha value is -1.78. The van der Waals surface area contributed by atoms with E-state index < -0.39 is 6.10 Å². The Morgan fingerprint density at radius 2 is 1.95 bits per heavy atom. The number of hydrogen-bond donors (Lipinski definition) is 1. The van der Waals surface area contributed by atoms with Crippen molar-refractivity contribution in [3.63, 3.8) is 0 Å². The minimum Gasteiger partial charge on any atom is -0.493 e. The molecule has 2 heterocycles. The number of benzene rings is 1. The average Bonchev–Trinajstić information content (AvgIpc) is 2.48. The Balaban J connectivity index is 2.12. The summed E-state index contributed by atoms with van der Waals surface area (Å²) in [6.07, 6.45) is 6.62. The molecule has 0 radical (unpaired) electrons. The first kappa shape index (κ1) is 14.2. The van der Waals surface area contributed by atoms with Gasteiger partial charge in [-0.1, -0.05) is 18.2 Å². The van der Waals surface area contributed by atoms with Crippen molar-refractivity contribution >= 4 is 5.57 Å². The second-order valence-electron chi connectivity index (χ2n) is 5.46. The summed E-state index contributed by atoms with van der Waals surface area (Å²) in [7, 11) is 3.32. The number of rotatable bonds is 2. The zero-order valence-corrected chi connectivity index (χ0v) is 12.5. The van der Waals surface area contributed by atoms with Gasteiger partial charge in [-0.25, -0.2) is 0 Å². The molecule has 2 bridgehead atoms. The van der Waals surface area contributed by atoms with Crippen molar-refractivity contribution in [3.05, 3.63) is 41.5 Å². The number of hydrogen-bond acceptors (Lipinski definition) is 4. The summed E-state index contributed by atoms with van der Waals surface area (Å²) in [4.78, 5) is 2.27. The first-order chi connectivity index (χ1) is 10.2. The lowest BCUT2D eigenvalue weighted by molar-refractivity contribution is 0.154. The third-order valence-electron chi connectivity index (χ3n) is 4.13. The molecule has 4 heteroatoms. The van der Waals surface area contributed by atoms with Crippen molar-refractivity contribution < 1.29 is 14.6 Å². The highest BCUT2D eigenvalue weighted by atomic mass is 16.5. The van der Waals surface area contributed by atoms with E-state index in [4.69, 9.17) is 9.47 Å². The Kier molecular flexibility index (Phi) is 3.99. The number of ether oxygens (including phenoxy) is 2. The molecular formula is C17H21NO3. The van der Waals surface area contributed by atoms with E-state index in [-0.39, 0.29) is 0 Å². The van der Waals surface area contributed by atoms with Crippen LogP contribution in [0.3, 0.4) is 0 Å². The van der Waals surface area contributed by atoms with Gasteiger partial charge in [-0.3, -0.25) is 4.90 Å². The molecule has 0 amide bonds. The molecule has 1 unspecified atom stereocenters. The molecule has 1 aromatic carbocycles. The van der Waals surface area contributed by atoms with Gasteiger partial charge in [-0.05, 0) is 35.3 Å². The molecule has 1 N–H and O–H groups in total. The zero-order chi connectivity index (χ0) is 14.8. The van der Waals surface area contributed by atoms with Crippen LogP contribution in [0.25, 0.3) is 5.57 Å². The molecule has 0 saturated carbocycles. The minimum atomic E-state index is -0.407. The number of aliphatic hydroxyl groups is 1. The number of methoxy groups -OCH3 is 2. The summed E-state index contributed by atoms with van der Waals surface area (Å²) in [5.41, 5.74) is 3.55. The van der Waals surface area contributed by atoms with Crippen molar-refractivity contribution in [3.8, 4) is 11.5 Å². The van der Waals surface area contributed by atoms with E-state index in [0.717, 1.165) is 42.1 Å². The maximum absolute atomic E-state index is 9.98. The van der Waals surface area contributed by atoms with Crippen LogP contribution in [0.5, 0.6) is 11.5 Å². The second kappa shape index (κ2) is 5.92. The van der Waals surface area contributed by atoms with E-state index in [0.29, 0.717) is 6.54 Å². The number of nitrogens with zero attached hydrogens (tertiary/aromatic N) is 1.